The largest absolute Gasteiger partial charge is 0.457 e. The number of hydrogen-bond donors (Lipinski definition) is 1. The molecule has 1 saturated carbocycles. The highest BCUT2D eigenvalue weighted by molar-refractivity contribution is 5.83. The summed E-state index contributed by atoms with van der Waals surface area (Å²) in [7, 11) is 0. The molecule has 5 nitrogen and oxygen atoms in total. The van der Waals surface area contributed by atoms with Gasteiger partial charge in [-0.3, -0.25) is 0 Å². The van der Waals surface area contributed by atoms with Gasteiger partial charge in [-0.25, -0.2) is 9.18 Å². The van der Waals surface area contributed by atoms with Gasteiger partial charge in [-0.2, -0.15) is 5.26 Å². The zero-order chi connectivity index (χ0) is 24.3. The minimum absolute atomic E-state index is 0.0959. The van der Waals surface area contributed by atoms with Crippen LogP contribution in [0.5, 0.6) is 0 Å². The highest BCUT2D eigenvalue weighted by Crippen LogP contribution is 2.42. The highest BCUT2D eigenvalue weighted by Gasteiger charge is 2.41. The van der Waals surface area contributed by atoms with Crippen molar-refractivity contribution in [2.75, 3.05) is 0 Å². The Morgan fingerprint density at radius 1 is 1.21 bits per heavy atom. The Morgan fingerprint density at radius 3 is 2.42 bits per heavy atom. The molecular formula is C27H36FNO4. The molecule has 33 heavy (non-hydrogen) atoms. The van der Waals surface area contributed by atoms with Gasteiger partial charge in [0.2, 0.25) is 5.79 Å². The number of carbonyl (C=O) groups excluding carboxylic acids is 1. The number of aliphatic hydroxyl groups is 1. The second-order valence-corrected chi connectivity index (χ2v) is 10.0. The van der Waals surface area contributed by atoms with Gasteiger partial charge in [0, 0.05) is 25.8 Å². The topological polar surface area (TPSA) is 79.5 Å². The molecule has 1 unspecified atom stereocenters. The van der Waals surface area contributed by atoms with Crippen molar-refractivity contribution < 1.29 is 23.8 Å². The molecule has 1 aromatic carbocycles. The third-order valence-corrected chi connectivity index (χ3v) is 7.41. The monoisotopic (exact) mass is 457 g/mol. The average Bonchev–Trinajstić information content (AvgIpc) is 3.29. The summed E-state index contributed by atoms with van der Waals surface area (Å²) in [6.45, 7) is 7.15. The van der Waals surface area contributed by atoms with Gasteiger partial charge in [0.1, 0.15) is 11.6 Å². The van der Waals surface area contributed by atoms with Crippen molar-refractivity contribution in [3.63, 3.8) is 0 Å². The Balaban J connectivity index is 1.80. The van der Waals surface area contributed by atoms with Crippen LogP contribution in [0.15, 0.2) is 30.0 Å². The molecule has 0 spiro atoms. The summed E-state index contributed by atoms with van der Waals surface area (Å²) >= 11 is 0. The molecule has 1 fully saturated rings. The minimum Gasteiger partial charge on any atom is -0.457 e. The van der Waals surface area contributed by atoms with Crippen molar-refractivity contribution in [1.29, 1.82) is 5.26 Å². The predicted octanol–water partition coefficient (Wildman–Crippen LogP) is 5.84. The first-order valence-corrected chi connectivity index (χ1v) is 12.1. The lowest BCUT2D eigenvalue weighted by Crippen LogP contribution is -2.41. The molecule has 1 aromatic rings. The standard InChI is InChI=1S/C27H36FNO4/c1-5-26(6-2,18-29)22-12-11-19(15-23(22)28)13-14-27(31,20-9-7-8-10-20)17-21-16-24(30)33-25(3,4)32-21/h11-12,15-16,20,31H,5-10,13-14,17H2,1-4H3. The zero-order valence-electron chi connectivity index (χ0n) is 20.2. The third kappa shape index (κ3) is 5.58. The van der Waals surface area contributed by atoms with Crippen LogP contribution in [0.2, 0.25) is 0 Å². The Bertz CT molecular complexity index is 938. The summed E-state index contributed by atoms with van der Waals surface area (Å²) in [5, 5.41) is 21.4. The Labute approximate surface area is 196 Å². The van der Waals surface area contributed by atoms with Gasteiger partial charge in [-0.1, -0.05) is 38.8 Å². The fraction of sp³-hybridized carbons (Fsp3) is 0.630. The predicted molar refractivity (Wildman–Crippen MR) is 123 cm³/mol. The van der Waals surface area contributed by atoms with Gasteiger partial charge < -0.3 is 14.6 Å². The normalized spacial score (nSPS) is 20.4. The lowest BCUT2D eigenvalue weighted by Gasteiger charge is -2.38. The molecule has 180 valence electrons. The van der Waals surface area contributed by atoms with E-state index in [1.165, 1.54) is 12.1 Å². The summed E-state index contributed by atoms with van der Waals surface area (Å²) in [4.78, 5) is 12.0. The maximum atomic E-state index is 15.0. The molecule has 0 saturated heterocycles. The molecule has 6 heteroatoms. The molecular weight excluding hydrogens is 421 g/mol. The van der Waals surface area contributed by atoms with Crippen LogP contribution in [0.3, 0.4) is 0 Å². The third-order valence-electron chi connectivity index (χ3n) is 7.41. The van der Waals surface area contributed by atoms with E-state index in [-0.39, 0.29) is 18.2 Å². The molecule has 0 radical (unpaired) electrons. The number of benzene rings is 1. The van der Waals surface area contributed by atoms with Crippen molar-refractivity contribution in [2.24, 2.45) is 5.92 Å². The summed E-state index contributed by atoms with van der Waals surface area (Å²) in [6.07, 6.45) is 7.52. The number of nitrogens with zero attached hydrogens (tertiary/aromatic N) is 1. The van der Waals surface area contributed by atoms with E-state index in [2.05, 4.69) is 6.07 Å². The average molecular weight is 458 g/mol. The minimum atomic E-state index is -1.07. The molecule has 1 aliphatic carbocycles. The van der Waals surface area contributed by atoms with Crippen LogP contribution in [0.4, 0.5) is 4.39 Å². The Hall–Kier alpha value is -2.39. The Morgan fingerprint density at radius 2 is 1.88 bits per heavy atom. The first-order chi connectivity index (χ1) is 15.6. The molecule has 2 aliphatic rings. The van der Waals surface area contributed by atoms with Crippen LogP contribution in [0.1, 0.15) is 90.2 Å². The summed E-state index contributed by atoms with van der Waals surface area (Å²) in [6, 6.07) is 7.39. The molecule has 0 bridgehead atoms. The Kier molecular flexibility index (Phi) is 7.53. The van der Waals surface area contributed by atoms with Crippen LogP contribution >= 0.6 is 0 Å². The first-order valence-electron chi connectivity index (χ1n) is 12.1. The maximum absolute atomic E-state index is 15.0. The molecule has 1 N–H and O–H groups in total. The van der Waals surface area contributed by atoms with Crippen molar-refractivity contribution in [3.05, 3.63) is 47.0 Å². The van der Waals surface area contributed by atoms with Gasteiger partial charge >= 0.3 is 5.97 Å². The molecule has 3 rings (SSSR count). The van der Waals surface area contributed by atoms with E-state index in [1.54, 1.807) is 19.9 Å². The zero-order valence-corrected chi connectivity index (χ0v) is 20.2. The van der Waals surface area contributed by atoms with E-state index in [9.17, 15) is 15.2 Å². The first kappa shape index (κ1) is 25.2. The van der Waals surface area contributed by atoms with Crippen LogP contribution in [-0.2, 0) is 26.1 Å². The molecule has 1 aliphatic heterocycles. The van der Waals surface area contributed by atoms with E-state index in [4.69, 9.17) is 9.47 Å². The number of cyclic esters (lactones) is 1. The number of carbonyl (C=O) groups is 1. The smallest absolute Gasteiger partial charge is 0.337 e. The lowest BCUT2D eigenvalue weighted by atomic mass is 9.76. The number of nitriles is 1. The van der Waals surface area contributed by atoms with Gasteiger partial charge in [0.15, 0.2) is 0 Å². The number of hydrogen-bond acceptors (Lipinski definition) is 5. The summed E-state index contributed by atoms with van der Waals surface area (Å²) < 4.78 is 26.0. The van der Waals surface area contributed by atoms with Crippen LogP contribution in [-0.4, -0.2) is 22.5 Å². The fourth-order valence-electron chi connectivity index (χ4n) is 5.37. The molecule has 1 heterocycles. The van der Waals surface area contributed by atoms with E-state index in [0.29, 0.717) is 37.0 Å². The SMILES string of the molecule is CCC(C#N)(CC)c1ccc(CCC(O)(CC2=CC(=O)OC(C)(C)O2)C2CCCC2)cc1F. The van der Waals surface area contributed by atoms with Gasteiger partial charge in [0.05, 0.1) is 23.2 Å². The molecule has 0 amide bonds. The van der Waals surface area contributed by atoms with Crippen molar-refractivity contribution in [3.8, 4) is 6.07 Å². The highest BCUT2D eigenvalue weighted by atomic mass is 19.1. The number of ether oxygens (including phenoxy) is 2. The number of aryl methyl sites for hydroxylation is 1. The van der Waals surface area contributed by atoms with Gasteiger partial charge in [0.25, 0.3) is 0 Å². The van der Waals surface area contributed by atoms with Crippen LogP contribution in [0.25, 0.3) is 0 Å². The van der Waals surface area contributed by atoms with Crippen molar-refractivity contribution in [2.45, 2.75) is 102 Å². The van der Waals surface area contributed by atoms with Crippen molar-refractivity contribution in [1.82, 2.24) is 0 Å². The number of rotatable bonds is 9. The summed E-state index contributed by atoms with van der Waals surface area (Å²) in [5.41, 5.74) is -0.662. The van der Waals surface area contributed by atoms with E-state index >= 15 is 4.39 Å². The van der Waals surface area contributed by atoms with Gasteiger partial charge in [-0.05, 0) is 56.1 Å². The van der Waals surface area contributed by atoms with Gasteiger partial charge in [-0.15, -0.1) is 0 Å². The quantitative estimate of drug-likeness (QED) is 0.471. The van der Waals surface area contributed by atoms with E-state index in [0.717, 1.165) is 31.2 Å². The van der Waals surface area contributed by atoms with Crippen molar-refractivity contribution >= 4 is 5.97 Å². The second-order valence-electron chi connectivity index (χ2n) is 10.0. The lowest BCUT2D eigenvalue weighted by molar-refractivity contribution is -0.208. The second kappa shape index (κ2) is 9.85. The van der Waals surface area contributed by atoms with Crippen LogP contribution < -0.4 is 0 Å². The summed E-state index contributed by atoms with van der Waals surface area (Å²) in [5.74, 6) is -1.39. The van der Waals surface area contributed by atoms with Crippen LogP contribution in [0, 0.1) is 23.1 Å². The maximum Gasteiger partial charge on any atom is 0.337 e. The number of esters is 1. The van der Waals surface area contributed by atoms with E-state index in [1.807, 2.05) is 19.9 Å². The molecule has 1 atom stereocenters. The van der Waals surface area contributed by atoms with E-state index < -0.39 is 22.8 Å². The fourth-order valence-corrected chi connectivity index (χ4v) is 5.37. The number of halogens is 1. The molecule has 0 aromatic heterocycles.